The summed E-state index contributed by atoms with van der Waals surface area (Å²) in [5.41, 5.74) is 7.60. The molecular formula is C12H13ClN6. The Labute approximate surface area is 114 Å². The van der Waals surface area contributed by atoms with Crippen molar-refractivity contribution in [1.82, 2.24) is 24.3 Å². The lowest BCUT2D eigenvalue weighted by atomic mass is 10.3. The Morgan fingerprint density at radius 1 is 1.37 bits per heavy atom. The Balaban J connectivity index is 1.92. The summed E-state index contributed by atoms with van der Waals surface area (Å²) in [6.45, 7) is 0.673. The van der Waals surface area contributed by atoms with E-state index in [1.54, 1.807) is 17.1 Å². The highest BCUT2D eigenvalue weighted by atomic mass is 35.5. The van der Waals surface area contributed by atoms with Crippen LogP contribution >= 0.6 is 11.6 Å². The lowest BCUT2D eigenvalue weighted by Gasteiger charge is -2.04. The van der Waals surface area contributed by atoms with Crippen molar-refractivity contribution in [2.45, 2.75) is 13.0 Å². The van der Waals surface area contributed by atoms with Crippen LogP contribution in [0.4, 0.5) is 5.95 Å². The van der Waals surface area contributed by atoms with Crippen LogP contribution in [0.15, 0.2) is 24.5 Å². The standard InChI is InChI=1S/C12H13ClN6/c1-18-7-15-10(17-18)5-6-19-9-4-2-3-8(13)11(9)16-12(19)14/h2-4,7H,5-6H2,1H3,(H2,14,16). The van der Waals surface area contributed by atoms with Gasteiger partial charge in [-0.05, 0) is 12.1 Å². The Bertz CT molecular complexity index is 729. The van der Waals surface area contributed by atoms with Crippen molar-refractivity contribution in [3.63, 3.8) is 0 Å². The minimum absolute atomic E-state index is 0.457. The minimum Gasteiger partial charge on any atom is -0.369 e. The van der Waals surface area contributed by atoms with Gasteiger partial charge in [0.15, 0.2) is 5.82 Å². The van der Waals surface area contributed by atoms with E-state index in [2.05, 4.69) is 15.1 Å². The topological polar surface area (TPSA) is 74.5 Å². The molecule has 98 valence electrons. The molecule has 6 nitrogen and oxygen atoms in total. The largest absolute Gasteiger partial charge is 0.369 e. The number of para-hydroxylation sites is 1. The van der Waals surface area contributed by atoms with E-state index in [-0.39, 0.29) is 0 Å². The van der Waals surface area contributed by atoms with Crippen LogP contribution in [0.3, 0.4) is 0 Å². The zero-order valence-electron chi connectivity index (χ0n) is 10.4. The molecule has 7 heteroatoms. The number of halogens is 1. The number of anilines is 1. The van der Waals surface area contributed by atoms with Gasteiger partial charge in [-0.15, -0.1) is 0 Å². The van der Waals surface area contributed by atoms with Gasteiger partial charge in [-0.3, -0.25) is 4.68 Å². The third kappa shape index (κ3) is 2.15. The first-order valence-corrected chi connectivity index (χ1v) is 6.27. The Morgan fingerprint density at radius 3 is 2.95 bits per heavy atom. The van der Waals surface area contributed by atoms with Gasteiger partial charge in [-0.1, -0.05) is 17.7 Å². The summed E-state index contributed by atoms with van der Waals surface area (Å²) in [6, 6.07) is 5.65. The Hall–Kier alpha value is -2.08. The number of nitrogens with two attached hydrogens (primary N) is 1. The van der Waals surface area contributed by atoms with Crippen LogP contribution in [0.1, 0.15) is 5.82 Å². The molecule has 0 amide bonds. The number of rotatable bonds is 3. The molecule has 0 fully saturated rings. The van der Waals surface area contributed by atoms with Crippen molar-refractivity contribution in [2.75, 3.05) is 5.73 Å². The summed E-state index contributed by atoms with van der Waals surface area (Å²) in [4.78, 5) is 8.49. The summed E-state index contributed by atoms with van der Waals surface area (Å²) in [5, 5.41) is 4.85. The second kappa shape index (κ2) is 4.55. The molecule has 0 aliphatic carbocycles. The molecule has 0 saturated carbocycles. The highest BCUT2D eigenvalue weighted by molar-refractivity contribution is 6.35. The van der Waals surface area contributed by atoms with Crippen LogP contribution < -0.4 is 5.73 Å². The number of hydrogen-bond acceptors (Lipinski definition) is 4. The van der Waals surface area contributed by atoms with E-state index < -0.39 is 0 Å². The summed E-state index contributed by atoms with van der Waals surface area (Å²) < 4.78 is 3.61. The van der Waals surface area contributed by atoms with Crippen LogP contribution in [0.25, 0.3) is 11.0 Å². The van der Waals surface area contributed by atoms with Gasteiger partial charge < -0.3 is 10.3 Å². The van der Waals surface area contributed by atoms with E-state index in [1.165, 1.54) is 0 Å². The maximum absolute atomic E-state index is 6.10. The van der Waals surface area contributed by atoms with Gasteiger partial charge in [0.05, 0.1) is 10.5 Å². The second-order valence-electron chi connectivity index (χ2n) is 4.31. The first-order valence-electron chi connectivity index (χ1n) is 5.90. The zero-order valence-corrected chi connectivity index (χ0v) is 11.2. The van der Waals surface area contributed by atoms with Crippen LogP contribution in [-0.2, 0) is 20.0 Å². The summed E-state index contributed by atoms with van der Waals surface area (Å²) in [5.74, 6) is 1.24. The molecule has 0 aliphatic rings. The van der Waals surface area contributed by atoms with Gasteiger partial charge >= 0.3 is 0 Å². The summed E-state index contributed by atoms with van der Waals surface area (Å²) in [7, 11) is 1.84. The molecule has 0 spiro atoms. The minimum atomic E-state index is 0.457. The van der Waals surface area contributed by atoms with E-state index in [4.69, 9.17) is 17.3 Å². The Kier molecular flexibility index (Phi) is 2.87. The molecule has 2 heterocycles. The SMILES string of the molecule is Cn1cnc(CCn2c(N)nc3c(Cl)cccc32)n1. The zero-order chi connectivity index (χ0) is 13.4. The number of fused-ring (bicyclic) bond motifs is 1. The maximum Gasteiger partial charge on any atom is 0.201 e. The lowest BCUT2D eigenvalue weighted by Crippen LogP contribution is -2.06. The molecule has 19 heavy (non-hydrogen) atoms. The third-order valence-electron chi connectivity index (χ3n) is 2.97. The average molecular weight is 277 g/mol. The molecule has 2 N–H and O–H groups in total. The average Bonchev–Trinajstić information content (AvgIpc) is 2.92. The number of hydrogen-bond donors (Lipinski definition) is 1. The van der Waals surface area contributed by atoms with Gasteiger partial charge in [-0.2, -0.15) is 5.10 Å². The highest BCUT2D eigenvalue weighted by Gasteiger charge is 2.11. The maximum atomic E-state index is 6.10. The van der Waals surface area contributed by atoms with Crippen molar-refractivity contribution >= 4 is 28.6 Å². The van der Waals surface area contributed by atoms with Crippen LogP contribution in [0, 0.1) is 0 Å². The molecule has 0 atom stereocenters. The number of nitrogen functional groups attached to an aromatic ring is 1. The fourth-order valence-corrected chi connectivity index (χ4v) is 2.29. The third-order valence-corrected chi connectivity index (χ3v) is 3.27. The monoisotopic (exact) mass is 276 g/mol. The highest BCUT2D eigenvalue weighted by Crippen LogP contribution is 2.24. The number of imidazole rings is 1. The van der Waals surface area contributed by atoms with Crippen LogP contribution in [0.5, 0.6) is 0 Å². The van der Waals surface area contributed by atoms with Gasteiger partial charge in [0, 0.05) is 20.0 Å². The van der Waals surface area contributed by atoms with Gasteiger partial charge in [0.1, 0.15) is 11.8 Å². The Morgan fingerprint density at radius 2 is 2.21 bits per heavy atom. The molecule has 0 bridgehead atoms. The normalized spacial score (nSPS) is 11.3. The van der Waals surface area contributed by atoms with Crippen LogP contribution in [-0.4, -0.2) is 24.3 Å². The van der Waals surface area contributed by atoms with Crippen molar-refractivity contribution in [3.8, 4) is 0 Å². The molecule has 3 rings (SSSR count). The van der Waals surface area contributed by atoms with E-state index in [1.807, 2.05) is 23.7 Å². The van der Waals surface area contributed by atoms with E-state index in [0.29, 0.717) is 23.9 Å². The molecule has 1 aromatic carbocycles. The molecule has 2 aromatic heterocycles. The lowest BCUT2D eigenvalue weighted by molar-refractivity contribution is 0.677. The van der Waals surface area contributed by atoms with Gasteiger partial charge in [0.2, 0.25) is 5.95 Å². The summed E-state index contributed by atoms with van der Waals surface area (Å²) in [6.07, 6.45) is 2.38. The number of aromatic nitrogens is 5. The molecule has 0 radical (unpaired) electrons. The van der Waals surface area contributed by atoms with Gasteiger partial charge in [0.25, 0.3) is 0 Å². The molecule has 0 aliphatic heterocycles. The van der Waals surface area contributed by atoms with Crippen molar-refractivity contribution in [2.24, 2.45) is 7.05 Å². The molecule has 3 aromatic rings. The quantitative estimate of drug-likeness (QED) is 0.789. The van der Waals surface area contributed by atoms with Gasteiger partial charge in [-0.25, -0.2) is 9.97 Å². The first-order chi connectivity index (χ1) is 9.15. The second-order valence-corrected chi connectivity index (χ2v) is 4.72. The molecule has 0 unspecified atom stereocenters. The van der Waals surface area contributed by atoms with E-state index in [9.17, 15) is 0 Å². The predicted molar refractivity (Wildman–Crippen MR) is 73.9 cm³/mol. The predicted octanol–water partition coefficient (Wildman–Crippen LogP) is 1.64. The number of nitrogens with zero attached hydrogens (tertiary/aromatic N) is 5. The van der Waals surface area contributed by atoms with E-state index in [0.717, 1.165) is 16.9 Å². The smallest absolute Gasteiger partial charge is 0.201 e. The molecule has 0 saturated heterocycles. The van der Waals surface area contributed by atoms with Crippen molar-refractivity contribution in [1.29, 1.82) is 0 Å². The summed E-state index contributed by atoms with van der Waals surface area (Å²) >= 11 is 6.10. The fourth-order valence-electron chi connectivity index (χ4n) is 2.08. The van der Waals surface area contributed by atoms with E-state index >= 15 is 0 Å². The number of aryl methyl sites for hydroxylation is 3. The molecular weight excluding hydrogens is 264 g/mol. The van der Waals surface area contributed by atoms with Crippen molar-refractivity contribution < 1.29 is 0 Å². The first kappa shape index (κ1) is 12.0. The van der Waals surface area contributed by atoms with Crippen molar-refractivity contribution in [3.05, 3.63) is 35.4 Å². The van der Waals surface area contributed by atoms with Crippen LogP contribution in [0.2, 0.25) is 5.02 Å². The number of benzene rings is 1. The fraction of sp³-hybridized carbons (Fsp3) is 0.250.